The lowest BCUT2D eigenvalue weighted by molar-refractivity contribution is -0.169. The summed E-state index contributed by atoms with van der Waals surface area (Å²) in [6.07, 6.45) is 2.09. The number of nitrogens with zero attached hydrogens (tertiary/aromatic N) is 7. The van der Waals surface area contributed by atoms with Gasteiger partial charge in [-0.15, -0.1) is 0 Å². The van der Waals surface area contributed by atoms with Gasteiger partial charge in [-0.1, -0.05) is 12.8 Å². The molecule has 1 aliphatic carbocycles. The van der Waals surface area contributed by atoms with Crippen molar-refractivity contribution in [2.75, 3.05) is 34.8 Å². The van der Waals surface area contributed by atoms with Crippen LogP contribution in [0.15, 0.2) is 12.4 Å². The van der Waals surface area contributed by atoms with Crippen molar-refractivity contribution in [1.82, 2.24) is 24.8 Å². The maximum atomic E-state index is 14.2. The number of rotatable bonds is 8. The first-order valence-electron chi connectivity index (χ1n) is 14.6. The van der Waals surface area contributed by atoms with E-state index in [-0.39, 0.29) is 37.3 Å². The van der Waals surface area contributed by atoms with Crippen molar-refractivity contribution in [3.63, 3.8) is 0 Å². The average Bonchev–Trinajstić information content (AvgIpc) is 3.68. The highest BCUT2D eigenvalue weighted by molar-refractivity contribution is 6.13. The van der Waals surface area contributed by atoms with Crippen molar-refractivity contribution in [2.45, 2.75) is 96.5 Å². The number of anilines is 4. The molecule has 3 aliphatic rings. The normalized spacial score (nSPS) is 19.6. The summed E-state index contributed by atoms with van der Waals surface area (Å²) in [6.45, 7) is 9.18. The summed E-state index contributed by atoms with van der Waals surface area (Å²) in [7, 11) is 0. The minimum atomic E-state index is -4.45. The van der Waals surface area contributed by atoms with E-state index in [9.17, 15) is 18.0 Å². The number of carbonyl (C=O) groups excluding carboxylic acids is 1. The molecule has 2 aromatic rings. The van der Waals surface area contributed by atoms with Gasteiger partial charge in [-0.3, -0.25) is 15.1 Å². The van der Waals surface area contributed by atoms with Crippen LogP contribution in [-0.2, 0) is 21.6 Å². The van der Waals surface area contributed by atoms with Crippen LogP contribution in [-0.4, -0.2) is 74.7 Å². The Bertz CT molecular complexity index is 1310. The first-order valence-corrected chi connectivity index (χ1v) is 14.6. The van der Waals surface area contributed by atoms with Gasteiger partial charge in [-0.25, -0.2) is 19.9 Å². The van der Waals surface area contributed by atoms with Gasteiger partial charge >= 0.3 is 6.18 Å². The summed E-state index contributed by atoms with van der Waals surface area (Å²) in [6, 6.07) is -2.34. The minimum Gasteiger partial charge on any atom is -0.457 e. The zero-order chi connectivity index (χ0) is 30.2. The molecule has 1 atom stereocenters. The lowest BCUT2D eigenvalue weighted by Gasteiger charge is -2.27. The van der Waals surface area contributed by atoms with Crippen LogP contribution in [0.3, 0.4) is 0 Å². The number of amides is 1. The van der Waals surface area contributed by atoms with Crippen LogP contribution in [0.4, 0.5) is 36.4 Å². The highest BCUT2D eigenvalue weighted by atomic mass is 19.4. The number of halogens is 3. The quantitative estimate of drug-likeness (QED) is 0.327. The maximum absolute atomic E-state index is 14.2. The second-order valence-corrected chi connectivity index (χ2v) is 11.3. The zero-order valence-corrected chi connectivity index (χ0v) is 24.5. The number of nitrogens with one attached hydrogen (secondary N) is 2. The number of hydrogen-bond donors (Lipinski definition) is 2. The van der Waals surface area contributed by atoms with E-state index in [2.05, 4.69) is 15.3 Å². The third-order valence-corrected chi connectivity index (χ3v) is 8.28. The largest absolute Gasteiger partial charge is 0.457 e. The van der Waals surface area contributed by atoms with Gasteiger partial charge in [0.15, 0.2) is 12.4 Å². The number of ether oxygens (including phenoxy) is 1. The Morgan fingerprint density at radius 2 is 1.83 bits per heavy atom. The van der Waals surface area contributed by atoms with Crippen molar-refractivity contribution >= 4 is 35.2 Å². The Hall–Kier alpha value is -3.71. The monoisotopic (exact) mass is 589 g/mol. The van der Waals surface area contributed by atoms with Crippen LogP contribution in [0, 0.1) is 5.41 Å². The topological polar surface area (TPSA) is 123 Å². The molecule has 1 saturated carbocycles. The van der Waals surface area contributed by atoms with E-state index in [1.807, 2.05) is 32.6 Å². The van der Waals surface area contributed by atoms with E-state index in [4.69, 9.17) is 20.1 Å². The third-order valence-electron chi connectivity index (χ3n) is 8.28. The summed E-state index contributed by atoms with van der Waals surface area (Å²) in [5, 5.41) is 11.6. The number of likely N-dealkylation sites (tertiary alicyclic amines) is 1. The van der Waals surface area contributed by atoms with E-state index in [0.29, 0.717) is 48.1 Å². The molecule has 2 fully saturated rings. The molecule has 4 heterocycles. The predicted molar refractivity (Wildman–Crippen MR) is 152 cm³/mol. The molecule has 5 rings (SSSR count). The fourth-order valence-corrected chi connectivity index (χ4v) is 6.30. The number of hydrogen-bond acceptors (Lipinski definition) is 9. The molecular formula is C28H38F3N9O2. The summed E-state index contributed by atoms with van der Waals surface area (Å²) in [4.78, 5) is 37.2. The highest BCUT2D eigenvalue weighted by Gasteiger charge is 2.56. The lowest BCUT2D eigenvalue weighted by Crippen LogP contribution is -2.45. The van der Waals surface area contributed by atoms with E-state index in [0.717, 1.165) is 30.8 Å². The number of carbonyl (C=O) groups is 1. The van der Waals surface area contributed by atoms with Crippen molar-refractivity contribution < 1.29 is 22.7 Å². The number of alkyl halides is 3. The summed E-state index contributed by atoms with van der Waals surface area (Å²) in [5.41, 5.74) is 0.382. The van der Waals surface area contributed by atoms with Gasteiger partial charge in [0, 0.05) is 25.7 Å². The number of aromatic nitrogens is 4. The van der Waals surface area contributed by atoms with E-state index < -0.39 is 23.7 Å². The average molecular weight is 590 g/mol. The Morgan fingerprint density at radius 3 is 2.43 bits per heavy atom. The highest BCUT2D eigenvalue weighted by Crippen LogP contribution is 2.55. The van der Waals surface area contributed by atoms with E-state index >= 15 is 0 Å². The van der Waals surface area contributed by atoms with Crippen molar-refractivity contribution in [2.24, 2.45) is 0 Å². The Balaban J connectivity index is 1.52. The summed E-state index contributed by atoms with van der Waals surface area (Å²) < 4.78 is 46.0. The van der Waals surface area contributed by atoms with E-state index in [1.54, 1.807) is 12.4 Å². The predicted octanol–water partition coefficient (Wildman–Crippen LogP) is 4.90. The van der Waals surface area contributed by atoms with Gasteiger partial charge in [-0.05, 0) is 53.4 Å². The smallest absolute Gasteiger partial charge is 0.408 e. The molecule has 2 aromatic heterocycles. The fourth-order valence-electron chi connectivity index (χ4n) is 6.30. The van der Waals surface area contributed by atoms with Crippen molar-refractivity contribution in [3.8, 4) is 0 Å². The first-order chi connectivity index (χ1) is 20.0. The SMILES string of the molecule is CCN(CC)c1ncc(N2C(=O)C3(CCCC3)c3c(NC(C)C)nc(COC(=N)N4CCC[C@@H]4C(F)(F)F)nc32)cn1. The van der Waals surface area contributed by atoms with Crippen LogP contribution in [0.5, 0.6) is 0 Å². The molecule has 42 heavy (non-hydrogen) atoms. The van der Waals surface area contributed by atoms with Gasteiger partial charge in [-0.2, -0.15) is 13.2 Å². The molecule has 1 spiro atoms. The van der Waals surface area contributed by atoms with Crippen molar-refractivity contribution in [1.29, 1.82) is 5.41 Å². The van der Waals surface area contributed by atoms with E-state index in [1.165, 1.54) is 4.90 Å². The standard InChI is InChI=1S/C28H38F3N9O2/c1-5-38(6-2)26-33-14-18(15-34-26)40-23-21(27(24(40)41)11-7-8-12-27)22(35-17(3)4)36-20(37-23)16-42-25(32)39-13-9-10-19(39)28(29,30)31/h14-15,17,19,32H,5-13,16H2,1-4H3,(H,35,36,37)/t19-/m1/s1. The molecular weight excluding hydrogens is 551 g/mol. The Morgan fingerprint density at radius 1 is 1.17 bits per heavy atom. The molecule has 0 aromatic carbocycles. The summed E-state index contributed by atoms with van der Waals surface area (Å²) in [5.74, 6) is 1.47. The Kier molecular flexibility index (Phi) is 8.17. The van der Waals surface area contributed by atoms with Crippen LogP contribution in [0.1, 0.15) is 77.6 Å². The molecule has 0 radical (unpaired) electrons. The molecule has 228 valence electrons. The zero-order valence-electron chi connectivity index (χ0n) is 24.5. The molecule has 2 aliphatic heterocycles. The number of amidine groups is 1. The van der Waals surface area contributed by atoms with Crippen LogP contribution < -0.4 is 15.1 Å². The minimum absolute atomic E-state index is 0.0208. The van der Waals surface area contributed by atoms with Gasteiger partial charge < -0.3 is 19.9 Å². The maximum Gasteiger partial charge on any atom is 0.408 e. The molecule has 0 unspecified atom stereocenters. The van der Waals surface area contributed by atoms with Gasteiger partial charge in [0.1, 0.15) is 17.7 Å². The van der Waals surface area contributed by atoms with Crippen molar-refractivity contribution in [3.05, 3.63) is 23.8 Å². The lowest BCUT2D eigenvalue weighted by atomic mass is 9.80. The fraction of sp³-hybridized carbons (Fsp3) is 0.643. The van der Waals surface area contributed by atoms with Gasteiger partial charge in [0.05, 0.1) is 29.1 Å². The summed E-state index contributed by atoms with van der Waals surface area (Å²) >= 11 is 0. The number of fused-ring (bicyclic) bond motifs is 2. The Labute approximate surface area is 243 Å². The van der Waals surface area contributed by atoms with Gasteiger partial charge in [0.25, 0.3) is 6.02 Å². The molecule has 0 bridgehead atoms. The second kappa shape index (κ2) is 11.5. The molecule has 1 amide bonds. The van der Waals surface area contributed by atoms with Gasteiger partial charge in [0.2, 0.25) is 11.9 Å². The van der Waals surface area contributed by atoms with Crippen LogP contribution >= 0.6 is 0 Å². The van der Waals surface area contributed by atoms with Crippen LogP contribution in [0.2, 0.25) is 0 Å². The molecule has 1 saturated heterocycles. The molecule has 2 N–H and O–H groups in total. The second-order valence-electron chi connectivity index (χ2n) is 11.3. The molecule has 11 nitrogen and oxygen atoms in total. The first kappa shape index (κ1) is 29.8. The molecule has 14 heteroatoms. The van der Waals surface area contributed by atoms with Crippen LogP contribution in [0.25, 0.3) is 0 Å². The third kappa shape index (κ3) is 5.31.